The molecule has 2 nitrogen and oxygen atoms in total. The zero-order valence-corrected chi connectivity index (χ0v) is 12.1. The zero-order valence-electron chi connectivity index (χ0n) is 10.5. The second kappa shape index (κ2) is 6.45. The second-order valence-electron chi connectivity index (χ2n) is 4.10. The summed E-state index contributed by atoms with van der Waals surface area (Å²) in [5.41, 5.74) is 0.799. The molecule has 1 N–H and O–H groups in total. The molecular formula is C14H10Cl2F3NO. The van der Waals surface area contributed by atoms with Gasteiger partial charge in [0.15, 0.2) is 5.75 Å². The van der Waals surface area contributed by atoms with Gasteiger partial charge in [-0.2, -0.15) is 0 Å². The highest BCUT2D eigenvalue weighted by Gasteiger charge is 2.32. The monoisotopic (exact) mass is 335 g/mol. The van der Waals surface area contributed by atoms with Crippen LogP contribution < -0.4 is 10.1 Å². The predicted octanol–water partition coefficient (Wildman–Crippen LogP) is 5.50. The average Bonchev–Trinajstić information content (AvgIpc) is 2.38. The predicted molar refractivity (Wildman–Crippen MR) is 76.9 cm³/mol. The van der Waals surface area contributed by atoms with Gasteiger partial charge in [0, 0.05) is 22.2 Å². The normalized spacial score (nSPS) is 11.3. The fourth-order valence-corrected chi connectivity index (χ4v) is 2.24. The van der Waals surface area contributed by atoms with Gasteiger partial charge in [0.1, 0.15) is 0 Å². The minimum Gasteiger partial charge on any atom is -0.404 e. The highest BCUT2D eigenvalue weighted by atomic mass is 35.5. The van der Waals surface area contributed by atoms with Crippen molar-refractivity contribution >= 4 is 28.9 Å². The smallest absolute Gasteiger partial charge is 0.404 e. The number of nitrogens with one attached hydrogen (secondary N) is 1. The number of rotatable bonds is 4. The van der Waals surface area contributed by atoms with Crippen molar-refractivity contribution in [2.24, 2.45) is 0 Å². The van der Waals surface area contributed by atoms with E-state index in [2.05, 4.69) is 10.1 Å². The van der Waals surface area contributed by atoms with Gasteiger partial charge in [0.05, 0.1) is 5.69 Å². The number of para-hydroxylation sites is 2. The van der Waals surface area contributed by atoms with Crippen LogP contribution in [-0.2, 0) is 6.54 Å². The Morgan fingerprint density at radius 3 is 2.19 bits per heavy atom. The minimum atomic E-state index is -4.75. The molecule has 0 aliphatic carbocycles. The van der Waals surface area contributed by atoms with Crippen LogP contribution in [0.5, 0.6) is 5.75 Å². The van der Waals surface area contributed by atoms with Crippen molar-refractivity contribution in [1.29, 1.82) is 0 Å². The Labute approximate surface area is 129 Å². The lowest BCUT2D eigenvalue weighted by atomic mass is 10.2. The Morgan fingerprint density at radius 1 is 0.952 bits per heavy atom. The van der Waals surface area contributed by atoms with E-state index in [-0.39, 0.29) is 18.0 Å². The molecule has 0 amide bonds. The van der Waals surface area contributed by atoms with Gasteiger partial charge in [-0.3, -0.25) is 0 Å². The maximum absolute atomic E-state index is 12.3. The van der Waals surface area contributed by atoms with Crippen molar-refractivity contribution < 1.29 is 17.9 Å². The van der Waals surface area contributed by atoms with Crippen LogP contribution in [0.2, 0.25) is 10.0 Å². The zero-order chi connectivity index (χ0) is 15.5. The summed E-state index contributed by atoms with van der Waals surface area (Å²) in [6.07, 6.45) is -4.75. The minimum absolute atomic E-state index is 0.177. The van der Waals surface area contributed by atoms with Crippen LogP contribution in [0.1, 0.15) is 5.56 Å². The Hall–Kier alpha value is -1.59. The summed E-state index contributed by atoms with van der Waals surface area (Å²) in [6, 6.07) is 10.8. The third kappa shape index (κ3) is 4.44. The molecule has 2 rings (SSSR count). The van der Waals surface area contributed by atoms with Gasteiger partial charge in [-0.25, -0.2) is 0 Å². The van der Waals surface area contributed by atoms with Crippen LogP contribution in [0.15, 0.2) is 42.5 Å². The fraction of sp³-hybridized carbons (Fsp3) is 0.143. The standard InChI is InChI=1S/C14H10Cl2F3NO/c15-10-4-3-5-11(16)9(10)8-20-12-6-1-2-7-13(12)21-14(17,18)19/h1-7,20H,8H2. The lowest BCUT2D eigenvalue weighted by Gasteiger charge is -2.15. The van der Waals surface area contributed by atoms with E-state index in [1.807, 2.05) is 0 Å². The first-order valence-electron chi connectivity index (χ1n) is 5.88. The summed E-state index contributed by atoms with van der Waals surface area (Å²) in [7, 11) is 0. The molecule has 7 heteroatoms. The second-order valence-corrected chi connectivity index (χ2v) is 4.91. The molecule has 2 aromatic rings. The van der Waals surface area contributed by atoms with Crippen LogP contribution in [0.25, 0.3) is 0 Å². The first-order valence-corrected chi connectivity index (χ1v) is 6.64. The Balaban J connectivity index is 2.17. The van der Waals surface area contributed by atoms with Crippen LogP contribution in [-0.4, -0.2) is 6.36 Å². The maximum Gasteiger partial charge on any atom is 0.573 e. The number of ether oxygens (including phenoxy) is 1. The number of hydrogen-bond acceptors (Lipinski definition) is 2. The molecule has 21 heavy (non-hydrogen) atoms. The molecule has 2 aromatic carbocycles. The van der Waals surface area contributed by atoms with Crippen molar-refractivity contribution in [3.05, 3.63) is 58.1 Å². The summed E-state index contributed by atoms with van der Waals surface area (Å²) in [5.74, 6) is -0.312. The molecule has 0 unspecified atom stereocenters. The number of halogens is 5. The van der Waals surface area contributed by atoms with Crippen molar-refractivity contribution in [2.45, 2.75) is 12.9 Å². The molecule has 0 saturated heterocycles. The van der Waals surface area contributed by atoms with Gasteiger partial charge in [0.2, 0.25) is 0 Å². The van der Waals surface area contributed by atoms with Gasteiger partial charge >= 0.3 is 6.36 Å². The molecule has 0 spiro atoms. The highest BCUT2D eigenvalue weighted by Crippen LogP contribution is 2.31. The van der Waals surface area contributed by atoms with Crippen LogP contribution in [0, 0.1) is 0 Å². The molecule has 0 aliphatic rings. The third-order valence-electron chi connectivity index (χ3n) is 2.63. The maximum atomic E-state index is 12.3. The first-order chi connectivity index (χ1) is 9.87. The SMILES string of the molecule is FC(F)(F)Oc1ccccc1NCc1c(Cl)cccc1Cl. The Kier molecular flexibility index (Phi) is 4.85. The number of benzene rings is 2. The molecule has 112 valence electrons. The number of hydrogen-bond donors (Lipinski definition) is 1. The van der Waals surface area contributed by atoms with Crippen LogP contribution in [0.3, 0.4) is 0 Å². The van der Waals surface area contributed by atoms with Gasteiger partial charge in [-0.15, -0.1) is 13.2 Å². The average molecular weight is 336 g/mol. The Bertz CT molecular complexity index is 612. The highest BCUT2D eigenvalue weighted by molar-refractivity contribution is 6.36. The first kappa shape index (κ1) is 15.8. The van der Waals surface area contributed by atoms with Crippen molar-refractivity contribution in [3.8, 4) is 5.75 Å². The van der Waals surface area contributed by atoms with E-state index in [9.17, 15) is 13.2 Å². The van der Waals surface area contributed by atoms with Crippen LogP contribution in [0.4, 0.5) is 18.9 Å². The lowest BCUT2D eigenvalue weighted by Crippen LogP contribution is -2.18. The molecule has 0 aliphatic heterocycles. The molecule has 0 saturated carbocycles. The van der Waals surface area contributed by atoms with Gasteiger partial charge in [-0.05, 0) is 24.3 Å². The molecule has 0 heterocycles. The number of alkyl halides is 3. The van der Waals surface area contributed by atoms with Crippen molar-refractivity contribution in [2.75, 3.05) is 5.32 Å². The van der Waals surface area contributed by atoms with Gasteiger partial charge in [-0.1, -0.05) is 41.4 Å². The fourth-order valence-electron chi connectivity index (χ4n) is 1.71. The van der Waals surface area contributed by atoms with Crippen molar-refractivity contribution in [3.63, 3.8) is 0 Å². The van der Waals surface area contributed by atoms with E-state index >= 15 is 0 Å². The van der Waals surface area contributed by atoms with Crippen LogP contribution >= 0.6 is 23.2 Å². The summed E-state index contributed by atoms with van der Waals surface area (Å²) < 4.78 is 40.9. The molecule has 0 atom stereocenters. The largest absolute Gasteiger partial charge is 0.573 e. The van der Waals surface area contributed by atoms with E-state index in [1.165, 1.54) is 18.2 Å². The molecule has 0 aromatic heterocycles. The number of anilines is 1. The third-order valence-corrected chi connectivity index (χ3v) is 3.34. The van der Waals surface area contributed by atoms with E-state index in [4.69, 9.17) is 23.2 Å². The van der Waals surface area contributed by atoms with Gasteiger partial charge in [0.25, 0.3) is 0 Å². The summed E-state index contributed by atoms with van der Waals surface area (Å²) >= 11 is 12.0. The lowest BCUT2D eigenvalue weighted by molar-refractivity contribution is -0.274. The molecule has 0 radical (unpaired) electrons. The quantitative estimate of drug-likeness (QED) is 0.796. The van der Waals surface area contributed by atoms with E-state index < -0.39 is 6.36 Å². The topological polar surface area (TPSA) is 21.3 Å². The summed E-state index contributed by atoms with van der Waals surface area (Å²) in [5, 5.41) is 3.71. The summed E-state index contributed by atoms with van der Waals surface area (Å²) in [6.45, 7) is 0.177. The van der Waals surface area contributed by atoms with E-state index in [0.29, 0.717) is 15.6 Å². The molecule has 0 fully saturated rings. The summed E-state index contributed by atoms with van der Waals surface area (Å²) in [4.78, 5) is 0. The van der Waals surface area contributed by atoms with E-state index in [1.54, 1.807) is 24.3 Å². The van der Waals surface area contributed by atoms with Crippen molar-refractivity contribution in [1.82, 2.24) is 0 Å². The molecular weight excluding hydrogens is 326 g/mol. The van der Waals surface area contributed by atoms with Gasteiger partial charge < -0.3 is 10.1 Å². The van der Waals surface area contributed by atoms with E-state index in [0.717, 1.165) is 0 Å². The molecule has 0 bridgehead atoms. The Morgan fingerprint density at radius 2 is 1.57 bits per heavy atom.